The van der Waals surface area contributed by atoms with E-state index in [9.17, 15) is 18.5 Å². The minimum atomic E-state index is -4.05. The van der Waals surface area contributed by atoms with Crippen LogP contribution in [0.2, 0.25) is 0 Å². The number of nitro benzene ring substituents is 1. The van der Waals surface area contributed by atoms with Crippen LogP contribution in [0, 0.1) is 10.1 Å². The fourth-order valence-corrected chi connectivity index (χ4v) is 2.71. The highest BCUT2D eigenvalue weighted by Crippen LogP contribution is 2.40. The zero-order valence-corrected chi connectivity index (χ0v) is 13.0. The summed E-state index contributed by atoms with van der Waals surface area (Å²) in [6.07, 6.45) is -2.14. The third-order valence-corrected chi connectivity index (χ3v) is 3.98. The van der Waals surface area contributed by atoms with Gasteiger partial charge in [0.05, 0.1) is 17.6 Å². The molecule has 1 fully saturated rings. The molecule has 1 heterocycles. The van der Waals surface area contributed by atoms with E-state index in [4.69, 9.17) is 9.47 Å². The molecule has 10 heteroatoms. The topological polar surface area (TPSA) is 117 Å². The molecule has 0 radical (unpaired) electrons. The summed E-state index contributed by atoms with van der Waals surface area (Å²) in [7, 11) is -3.06. The van der Waals surface area contributed by atoms with E-state index in [1.807, 2.05) is 0 Å². The smallest absolute Gasteiger partial charge is 0.337 e. The number of nitrogens with zero attached hydrogens (tertiary/aromatic N) is 1. The Hall–Kier alpha value is -1.59. The first-order valence-corrected chi connectivity index (χ1v) is 7.73. The summed E-state index contributed by atoms with van der Waals surface area (Å²) in [4.78, 5) is 10.6. The summed E-state index contributed by atoms with van der Waals surface area (Å²) < 4.78 is 40.7. The first-order valence-electron chi connectivity index (χ1n) is 6.32. The number of para-hydroxylation sites is 1. The molecule has 1 aliphatic heterocycles. The summed E-state index contributed by atoms with van der Waals surface area (Å²) in [5.74, 6) is -1.12. The SMILES string of the molecule is COS(=O)(=O)N[C@@H]1OC(C)(C)O[C@@H]1c1ccccc1[N+](=O)[O-]. The van der Waals surface area contributed by atoms with Gasteiger partial charge in [-0.25, -0.2) is 0 Å². The Morgan fingerprint density at radius 3 is 2.55 bits per heavy atom. The number of benzene rings is 1. The molecule has 2 atom stereocenters. The van der Waals surface area contributed by atoms with Gasteiger partial charge in [-0.15, -0.1) is 0 Å². The summed E-state index contributed by atoms with van der Waals surface area (Å²) in [6.45, 7) is 3.16. The van der Waals surface area contributed by atoms with E-state index in [0.29, 0.717) is 0 Å². The van der Waals surface area contributed by atoms with Gasteiger partial charge in [-0.1, -0.05) is 12.1 Å². The van der Waals surface area contributed by atoms with Crippen molar-refractivity contribution in [2.75, 3.05) is 7.11 Å². The monoisotopic (exact) mass is 332 g/mol. The summed E-state index contributed by atoms with van der Waals surface area (Å²) >= 11 is 0. The van der Waals surface area contributed by atoms with E-state index in [2.05, 4.69) is 8.91 Å². The van der Waals surface area contributed by atoms with Crippen LogP contribution in [0.4, 0.5) is 5.69 Å². The normalized spacial score (nSPS) is 24.3. The Kier molecular flexibility index (Phi) is 4.49. The van der Waals surface area contributed by atoms with E-state index < -0.39 is 33.3 Å². The highest BCUT2D eigenvalue weighted by Gasteiger charge is 2.46. The van der Waals surface area contributed by atoms with Crippen LogP contribution >= 0.6 is 0 Å². The van der Waals surface area contributed by atoms with Crippen LogP contribution in [-0.4, -0.2) is 32.5 Å². The molecule has 122 valence electrons. The minimum absolute atomic E-state index is 0.185. The van der Waals surface area contributed by atoms with Gasteiger partial charge in [-0.05, 0) is 19.9 Å². The van der Waals surface area contributed by atoms with Crippen molar-refractivity contribution in [1.29, 1.82) is 0 Å². The predicted molar refractivity (Wildman–Crippen MR) is 74.9 cm³/mol. The van der Waals surface area contributed by atoms with Gasteiger partial charge in [0.25, 0.3) is 5.69 Å². The van der Waals surface area contributed by atoms with Crippen molar-refractivity contribution in [3.05, 3.63) is 39.9 Å². The Balaban J connectivity index is 2.41. The van der Waals surface area contributed by atoms with Gasteiger partial charge < -0.3 is 9.47 Å². The first kappa shape index (κ1) is 16.8. The van der Waals surface area contributed by atoms with Crippen LogP contribution in [0.15, 0.2) is 24.3 Å². The van der Waals surface area contributed by atoms with Gasteiger partial charge in [-0.3, -0.25) is 14.3 Å². The summed E-state index contributed by atoms with van der Waals surface area (Å²) in [5, 5.41) is 11.1. The van der Waals surface area contributed by atoms with Crippen molar-refractivity contribution in [3.8, 4) is 0 Å². The maximum atomic E-state index is 11.6. The highest BCUT2D eigenvalue weighted by atomic mass is 32.2. The van der Waals surface area contributed by atoms with Crippen molar-refractivity contribution in [2.45, 2.75) is 32.0 Å². The number of nitro groups is 1. The second kappa shape index (κ2) is 5.89. The molecule has 0 aliphatic carbocycles. The molecule has 1 aromatic carbocycles. The fourth-order valence-electron chi connectivity index (χ4n) is 2.16. The van der Waals surface area contributed by atoms with Gasteiger partial charge >= 0.3 is 10.3 Å². The van der Waals surface area contributed by atoms with E-state index in [0.717, 1.165) is 7.11 Å². The molecule has 1 N–H and O–H groups in total. The molecule has 0 aromatic heterocycles. The van der Waals surface area contributed by atoms with Crippen molar-refractivity contribution in [1.82, 2.24) is 4.72 Å². The molecule has 0 bridgehead atoms. The Morgan fingerprint density at radius 1 is 1.32 bits per heavy atom. The third-order valence-electron chi connectivity index (χ3n) is 3.02. The zero-order valence-electron chi connectivity index (χ0n) is 12.2. The van der Waals surface area contributed by atoms with Crippen LogP contribution in [0.3, 0.4) is 0 Å². The molecular weight excluding hydrogens is 316 g/mol. The molecule has 9 nitrogen and oxygen atoms in total. The standard InChI is InChI=1S/C12H16N2O7S/c1-12(2)20-10(11(21-12)13-22(17,18)19-3)8-6-4-5-7-9(8)14(15)16/h4-7,10-11,13H,1-3H3/t10-,11-/m1/s1. The quantitative estimate of drug-likeness (QED) is 0.636. The molecular formula is C12H16N2O7S. The molecule has 0 saturated carbocycles. The number of nitrogens with one attached hydrogen (secondary N) is 1. The van der Waals surface area contributed by atoms with Gasteiger partial charge in [0.2, 0.25) is 0 Å². The fraction of sp³-hybridized carbons (Fsp3) is 0.500. The lowest BCUT2D eigenvalue weighted by atomic mass is 10.1. The number of ether oxygens (including phenoxy) is 2. The van der Waals surface area contributed by atoms with Gasteiger partial charge in [0.15, 0.2) is 12.0 Å². The number of rotatable bonds is 5. The second-order valence-corrected chi connectivity index (χ2v) is 6.51. The van der Waals surface area contributed by atoms with Gasteiger partial charge in [-0.2, -0.15) is 13.1 Å². The van der Waals surface area contributed by atoms with Crippen molar-refractivity contribution in [2.24, 2.45) is 0 Å². The molecule has 1 aliphatic rings. The maximum absolute atomic E-state index is 11.6. The molecule has 1 saturated heterocycles. The second-order valence-electron chi connectivity index (χ2n) is 5.03. The van der Waals surface area contributed by atoms with Crippen LogP contribution in [0.5, 0.6) is 0 Å². The van der Waals surface area contributed by atoms with Crippen LogP contribution < -0.4 is 4.72 Å². The average molecular weight is 332 g/mol. The average Bonchev–Trinajstić information content (AvgIpc) is 2.72. The third kappa shape index (κ3) is 3.59. The largest absolute Gasteiger partial charge is 0.338 e. The lowest BCUT2D eigenvalue weighted by Crippen LogP contribution is -2.39. The predicted octanol–water partition coefficient (Wildman–Crippen LogP) is 1.23. The zero-order chi connectivity index (χ0) is 16.5. The number of hydrogen-bond donors (Lipinski definition) is 1. The Bertz CT molecular complexity index is 674. The van der Waals surface area contributed by atoms with E-state index in [-0.39, 0.29) is 11.3 Å². The molecule has 22 heavy (non-hydrogen) atoms. The van der Waals surface area contributed by atoms with E-state index in [1.165, 1.54) is 18.2 Å². The van der Waals surface area contributed by atoms with Gasteiger partial charge in [0.1, 0.15) is 6.10 Å². The van der Waals surface area contributed by atoms with Crippen molar-refractivity contribution < 1.29 is 27.0 Å². The lowest BCUT2D eigenvalue weighted by Gasteiger charge is -2.17. The molecule has 0 spiro atoms. The van der Waals surface area contributed by atoms with Crippen LogP contribution in [0.1, 0.15) is 25.5 Å². The Morgan fingerprint density at radius 2 is 1.95 bits per heavy atom. The van der Waals surface area contributed by atoms with Crippen LogP contribution in [-0.2, 0) is 24.0 Å². The van der Waals surface area contributed by atoms with Crippen LogP contribution in [0.25, 0.3) is 0 Å². The Labute approximate surface area is 127 Å². The first-order chi connectivity index (χ1) is 10.2. The number of hydrogen-bond acceptors (Lipinski definition) is 7. The molecule has 2 rings (SSSR count). The van der Waals surface area contributed by atoms with E-state index in [1.54, 1.807) is 19.9 Å². The summed E-state index contributed by atoms with van der Waals surface area (Å²) in [5.41, 5.74) is 0.0253. The lowest BCUT2D eigenvalue weighted by molar-refractivity contribution is -0.386. The molecule has 0 unspecified atom stereocenters. The maximum Gasteiger partial charge on any atom is 0.337 e. The minimum Gasteiger partial charge on any atom is -0.338 e. The van der Waals surface area contributed by atoms with Crippen molar-refractivity contribution in [3.63, 3.8) is 0 Å². The molecule has 0 amide bonds. The van der Waals surface area contributed by atoms with Gasteiger partial charge in [0, 0.05) is 6.07 Å². The summed E-state index contributed by atoms with van der Waals surface area (Å²) in [6, 6.07) is 5.91. The van der Waals surface area contributed by atoms with Crippen molar-refractivity contribution >= 4 is 16.0 Å². The molecule has 1 aromatic rings. The van der Waals surface area contributed by atoms with E-state index >= 15 is 0 Å². The highest BCUT2D eigenvalue weighted by molar-refractivity contribution is 7.84.